The highest BCUT2D eigenvalue weighted by Crippen LogP contribution is 2.19. The van der Waals surface area contributed by atoms with Gasteiger partial charge in [-0.2, -0.15) is 0 Å². The lowest BCUT2D eigenvalue weighted by Gasteiger charge is -2.31. The molecule has 0 amide bonds. The first kappa shape index (κ1) is 22.9. The molecule has 3 rings (SSSR count). The Morgan fingerprint density at radius 3 is 1.48 bits per heavy atom. The molecule has 3 aromatic rings. The molecule has 162 valence electrons. The lowest BCUT2D eigenvalue weighted by atomic mass is 10.1. The zero-order valence-corrected chi connectivity index (χ0v) is 17.7. The normalized spacial score (nSPS) is 14.0. The second-order valence-corrected chi connectivity index (χ2v) is 7.28. The van der Waals surface area contributed by atoms with Crippen LogP contribution in [0.3, 0.4) is 0 Å². The van der Waals surface area contributed by atoms with Gasteiger partial charge in [0.25, 0.3) is 0 Å². The van der Waals surface area contributed by atoms with Crippen molar-refractivity contribution in [2.24, 2.45) is 0 Å². The third-order valence-corrected chi connectivity index (χ3v) is 4.98. The summed E-state index contributed by atoms with van der Waals surface area (Å²) >= 11 is 0. The number of benzene rings is 3. The van der Waals surface area contributed by atoms with Crippen molar-refractivity contribution in [1.82, 2.24) is 0 Å². The Balaban J connectivity index is 1.71. The van der Waals surface area contributed by atoms with Crippen molar-refractivity contribution in [1.29, 1.82) is 0 Å². The van der Waals surface area contributed by atoms with Gasteiger partial charge in [-0.3, -0.25) is 0 Å². The summed E-state index contributed by atoms with van der Waals surface area (Å²) in [6.45, 7) is 4.93. The van der Waals surface area contributed by atoms with Crippen LogP contribution in [-0.2, 0) is 34.0 Å². The van der Waals surface area contributed by atoms with Crippen molar-refractivity contribution in [2.75, 3.05) is 6.61 Å². The first-order chi connectivity index (χ1) is 15.3. The molecule has 0 aromatic heterocycles. The Morgan fingerprint density at radius 2 is 1.06 bits per heavy atom. The summed E-state index contributed by atoms with van der Waals surface area (Å²) in [6, 6.07) is 29.7. The monoisotopic (exact) mass is 418 g/mol. The Labute approximate surface area is 184 Å². The van der Waals surface area contributed by atoms with Crippen molar-refractivity contribution in [3.63, 3.8) is 0 Å². The standard InChI is InChI=1S/C27H30O4/c1-2-25(29-19-22-12-6-3-7-13-22)27(31-21-24-16-10-5-11-17-24)26(18-28)30-20-23-14-8-4-9-15-23/h2-17,25-28H,1,18-21H2/t25-,26+,27-/m1/s1. The molecular weight excluding hydrogens is 388 g/mol. The highest BCUT2D eigenvalue weighted by atomic mass is 16.6. The van der Waals surface area contributed by atoms with Crippen LogP contribution in [0.15, 0.2) is 104 Å². The van der Waals surface area contributed by atoms with Crippen LogP contribution in [0, 0.1) is 0 Å². The topological polar surface area (TPSA) is 47.9 Å². The Kier molecular flexibility index (Phi) is 9.48. The number of aliphatic hydroxyl groups excluding tert-OH is 1. The fourth-order valence-electron chi connectivity index (χ4n) is 3.27. The van der Waals surface area contributed by atoms with Gasteiger partial charge in [-0.25, -0.2) is 0 Å². The second kappa shape index (κ2) is 12.8. The van der Waals surface area contributed by atoms with E-state index in [1.54, 1.807) is 6.08 Å². The summed E-state index contributed by atoms with van der Waals surface area (Å²) in [5.74, 6) is 0. The maximum absolute atomic E-state index is 10.1. The minimum Gasteiger partial charge on any atom is -0.394 e. The van der Waals surface area contributed by atoms with Gasteiger partial charge in [0.2, 0.25) is 0 Å². The molecule has 4 nitrogen and oxygen atoms in total. The molecular formula is C27H30O4. The van der Waals surface area contributed by atoms with Gasteiger partial charge >= 0.3 is 0 Å². The molecule has 0 saturated heterocycles. The van der Waals surface area contributed by atoms with E-state index in [0.29, 0.717) is 19.8 Å². The lowest BCUT2D eigenvalue weighted by Crippen LogP contribution is -2.43. The van der Waals surface area contributed by atoms with Crippen molar-refractivity contribution < 1.29 is 19.3 Å². The van der Waals surface area contributed by atoms with Crippen LogP contribution in [-0.4, -0.2) is 30.0 Å². The summed E-state index contributed by atoms with van der Waals surface area (Å²) in [5.41, 5.74) is 3.13. The van der Waals surface area contributed by atoms with E-state index in [0.717, 1.165) is 16.7 Å². The third kappa shape index (κ3) is 7.46. The minimum atomic E-state index is -0.567. The van der Waals surface area contributed by atoms with E-state index in [2.05, 4.69) is 6.58 Å². The number of hydrogen-bond donors (Lipinski definition) is 1. The van der Waals surface area contributed by atoms with Crippen molar-refractivity contribution in [3.8, 4) is 0 Å². The zero-order chi connectivity index (χ0) is 21.7. The van der Waals surface area contributed by atoms with Gasteiger partial charge in [0.15, 0.2) is 0 Å². The number of hydrogen-bond acceptors (Lipinski definition) is 4. The molecule has 0 heterocycles. The Hall–Kier alpha value is -2.76. The van der Waals surface area contributed by atoms with Crippen molar-refractivity contribution >= 4 is 0 Å². The summed E-state index contributed by atoms with van der Waals surface area (Å²) in [7, 11) is 0. The fourth-order valence-corrected chi connectivity index (χ4v) is 3.27. The molecule has 0 aliphatic heterocycles. The number of rotatable bonds is 13. The average Bonchev–Trinajstić information content (AvgIpc) is 2.84. The first-order valence-corrected chi connectivity index (χ1v) is 10.5. The van der Waals surface area contributed by atoms with E-state index < -0.39 is 18.3 Å². The summed E-state index contributed by atoms with van der Waals surface area (Å²) in [4.78, 5) is 0. The Bertz CT molecular complexity index is 868. The van der Waals surface area contributed by atoms with E-state index in [1.807, 2.05) is 91.0 Å². The van der Waals surface area contributed by atoms with Crippen LogP contribution in [0.1, 0.15) is 16.7 Å². The summed E-state index contributed by atoms with van der Waals surface area (Å²) in [5, 5.41) is 10.1. The molecule has 3 aromatic carbocycles. The molecule has 0 unspecified atom stereocenters. The van der Waals surface area contributed by atoms with Crippen LogP contribution in [0.25, 0.3) is 0 Å². The molecule has 0 bridgehead atoms. The molecule has 1 N–H and O–H groups in total. The average molecular weight is 419 g/mol. The number of ether oxygens (including phenoxy) is 3. The molecule has 3 atom stereocenters. The van der Waals surface area contributed by atoms with Crippen LogP contribution >= 0.6 is 0 Å². The fraction of sp³-hybridized carbons (Fsp3) is 0.259. The predicted octanol–water partition coefficient (Wildman–Crippen LogP) is 4.92. The van der Waals surface area contributed by atoms with E-state index in [-0.39, 0.29) is 6.61 Å². The third-order valence-electron chi connectivity index (χ3n) is 4.98. The maximum Gasteiger partial charge on any atom is 0.116 e. The quantitative estimate of drug-likeness (QED) is 0.400. The van der Waals surface area contributed by atoms with Crippen LogP contribution in [0.5, 0.6) is 0 Å². The predicted molar refractivity (Wildman–Crippen MR) is 122 cm³/mol. The highest BCUT2D eigenvalue weighted by molar-refractivity contribution is 5.15. The van der Waals surface area contributed by atoms with E-state index in [9.17, 15) is 5.11 Å². The van der Waals surface area contributed by atoms with Gasteiger partial charge in [0.1, 0.15) is 18.3 Å². The SMILES string of the molecule is C=C[C@@H](OCc1ccccc1)[C@@H](OCc1ccccc1)[C@H](CO)OCc1ccccc1. The van der Waals surface area contributed by atoms with Crippen molar-refractivity contribution in [2.45, 2.75) is 38.1 Å². The van der Waals surface area contributed by atoms with Crippen LogP contribution < -0.4 is 0 Å². The van der Waals surface area contributed by atoms with Gasteiger partial charge in [0, 0.05) is 0 Å². The largest absolute Gasteiger partial charge is 0.394 e. The second-order valence-electron chi connectivity index (χ2n) is 7.28. The molecule has 0 spiro atoms. The van der Waals surface area contributed by atoms with Crippen LogP contribution in [0.4, 0.5) is 0 Å². The first-order valence-electron chi connectivity index (χ1n) is 10.5. The van der Waals surface area contributed by atoms with Gasteiger partial charge in [0.05, 0.1) is 26.4 Å². The van der Waals surface area contributed by atoms with E-state index in [1.165, 1.54) is 0 Å². The molecule has 0 radical (unpaired) electrons. The highest BCUT2D eigenvalue weighted by Gasteiger charge is 2.30. The van der Waals surface area contributed by atoms with E-state index in [4.69, 9.17) is 14.2 Å². The van der Waals surface area contributed by atoms with E-state index >= 15 is 0 Å². The minimum absolute atomic E-state index is 0.189. The van der Waals surface area contributed by atoms with Gasteiger partial charge in [-0.15, -0.1) is 6.58 Å². The zero-order valence-electron chi connectivity index (χ0n) is 17.7. The smallest absolute Gasteiger partial charge is 0.116 e. The van der Waals surface area contributed by atoms with Crippen molar-refractivity contribution in [3.05, 3.63) is 120 Å². The summed E-state index contributed by atoms with van der Waals surface area (Å²) < 4.78 is 18.4. The maximum atomic E-state index is 10.1. The van der Waals surface area contributed by atoms with Gasteiger partial charge < -0.3 is 19.3 Å². The molecule has 4 heteroatoms. The molecule has 0 saturated carbocycles. The summed E-state index contributed by atoms with van der Waals surface area (Å²) in [6.07, 6.45) is 0.183. The molecule has 0 fully saturated rings. The van der Waals surface area contributed by atoms with Gasteiger partial charge in [-0.1, -0.05) is 97.1 Å². The molecule has 0 aliphatic carbocycles. The lowest BCUT2D eigenvalue weighted by molar-refractivity contribution is -0.149. The Morgan fingerprint density at radius 1 is 0.645 bits per heavy atom. The number of aliphatic hydroxyl groups is 1. The molecule has 31 heavy (non-hydrogen) atoms. The van der Waals surface area contributed by atoms with Gasteiger partial charge in [-0.05, 0) is 16.7 Å². The molecule has 0 aliphatic rings. The van der Waals surface area contributed by atoms with Crippen LogP contribution in [0.2, 0.25) is 0 Å².